The first-order valence-corrected chi connectivity index (χ1v) is 6.55. The van der Waals surface area contributed by atoms with E-state index in [0.717, 1.165) is 39.4 Å². The number of aliphatic carboxylic acids is 2. The number of carboxylic acid groups (broad SMARTS) is 2. The van der Waals surface area contributed by atoms with E-state index in [9.17, 15) is 18.0 Å². The molecule has 0 radical (unpaired) electrons. The summed E-state index contributed by atoms with van der Waals surface area (Å²) in [5.41, 5.74) is 15.1. The highest BCUT2D eigenvalue weighted by Gasteiger charge is 2.38. The van der Waals surface area contributed by atoms with Gasteiger partial charge in [0.05, 0.1) is 13.2 Å². The Hall–Kier alpha value is -1.47. The summed E-state index contributed by atoms with van der Waals surface area (Å²) in [5.74, 6) is -3.81. The number of hydrogen-bond acceptors (Lipinski definition) is 7. The Morgan fingerprint density at radius 1 is 1.17 bits per heavy atom. The molecular weight excluding hydrogens is 325 g/mol. The molecular formula is C11H23F3N4O5. The summed E-state index contributed by atoms with van der Waals surface area (Å²) in [6, 6.07) is -0.903. The average molecular weight is 348 g/mol. The highest BCUT2D eigenvalue weighted by Crippen LogP contribution is 2.13. The zero-order valence-corrected chi connectivity index (χ0v) is 12.5. The van der Waals surface area contributed by atoms with Crippen LogP contribution in [0.2, 0.25) is 0 Å². The molecule has 8 N–H and O–H groups in total. The summed E-state index contributed by atoms with van der Waals surface area (Å²) in [7, 11) is 0. The fraction of sp³-hybridized carbons (Fsp3) is 0.818. The number of ether oxygens (including phenoxy) is 1. The van der Waals surface area contributed by atoms with Crippen LogP contribution < -0.4 is 17.2 Å². The molecule has 0 unspecified atom stereocenters. The van der Waals surface area contributed by atoms with Crippen LogP contribution >= 0.6 is 0 Å². The molecule has 0 amide bonds. The van der Waals surface area contributed by atoms with Crippen molar-refractivity contribution in [3.8, 4) is 0 Å². The first-order chi connectivity index (χ1) is 10.6. The molecule has 1 saturated heterocycles. The molecule has 0 aromatic rings. The molecule has 1 atom stereocenters. The first-order valence-electron chi connectivity index (χ1n) is 6.55. The number of halogens is 3. The zero-order chi connectivity index (χ0) is 18.5. The summed E-state index contributed by atoms with van der Waals surface area (Å²) in [6.07, 6.45) is -5.08. The van der Waals surface area contributed by atoms with Gasteiger partial charge in [0.25, 0.3) is 0 Å². The number of hydrogen-bond donors (Lipinski definition) is 5. The van der Waals surface area contributed by atoms with Gasteiger partial charge in [-0.05, 0) is 0 Å². The van der Waals surface area contributed by atoms with Crippen molar-refractivity contribution < 1.29 is 37.7 Å². The third kappa shape index (κ3) is 15.2. The summed E-state index contributed by atoms with van der Waals surface area (Å²) >= 11 is 0. The third-order valence-electron chi connectivity index (χ3n) is 2.36. The number of rotatable bonds is 4. The third-order valence-corrected chi connectivity index (χ3v) is 2.36. The molecule has 12 heteroatoms. The van der Waals surface area contributed by atoms with Gasteiger partial charge in [0.15, 0.2) is 0 Å². The maximum Gasteiger partial charge on any atom is 0.490 e. The standard InChI is InChI=1S/C6H14N2O.C3H8N2O2.C2HF3O2/c7-1-2-8-3-5-9-6-4-8;4-1-2(5)3(6)7;3-2(4,5)1(6)7/h1-7H2;2H,1,4-5H2,(H,6,7);(H,6,7)/t;2-;/m.0./s1. The quantitative estimate of drug-likeness (QED) is 0.397. The van der Waals surface area contributed by atoms with Crippen LogP contribution in [0.15, 0.2) is 0 Å². The topological polar surface area (TPSA) is 165 Å². The molecule has 0 aromatic heterocycles. The van der Waals surface area contributed by atoms with Crippen molar-refractivity contribution in [3.63, 3.8) is 0 Å². The second kappa shape index (κ2) is 13.0. The van der Waals surface area contributed by atoms with Crippen LogP contribution in [-0.2, 0) is 14.3 Å². The number of carbonyl (C=O) groups is 2. The molecule has 0 bridgehead atoms. The van der Waals surface area contributed by atoms with E-state index in [4.69, 9.17) is 36.9 Å². The van der Waals surface area contributed by atoms with Gasteiger partial charge in [-0.15, -0.1) is 0 Å². The fourth-order valence-corrected chi connectivity index (χ4v) is 1.11. The van der Waals surface area contributed by atoms with Crippen LogP contribution in [0.1, 0.15) is 0 Å². The van der Waals surface area contributed by atoms with Crippen LogP contribution in [0, 0.1) is 0 Å². The maximum atomic E-state index is 10.6. The van der Waals surface area contributed by atoms with Crippen molar-refractivity contribution in [2.75, 3.05) is 45.9 Å². The Labute approximate surface area is 131 Å². The van der Waals surface area contributed by atoms with Crippen molar-refractivity contribution in [1.82, 2.24) is 4.90 Å². The minimum Gasteiger partial charge on any atom is -0.480 e. The molecule has 1 fully saturated rings. The smallest absolute Gasteiger partial charge is 0.480 e. The van der Waals surface area contributed by atoms with E-state index < -0.39 is 24.2 Å². The van der Waals surface area contributed by atoms with E-state index in [1.165, 1.54) is 0 Å². The first kappa shape index (κ1) is 23.8. The second-order valence-electron chi connectivity index (χ2n) is 4.23. The Balaban J connectivity index is 0. The highest BCUT2D eigenvalue weighted by atomic mass is 19.4. The van der Waals surface area contributed by atoms with E-state index in [1.807, 2.05) is 0 Å². The molecule has 0 spiro atoms. The van der Waals surface area contributed by atoms with Crippen molar-refractivity contribution in [2.24, 2.45) is 17.2 Å². The van der Waals surface area contributed by atoms with Crippen molar-refractivity contribution >= 4 is 11.9 Å². The minimum atomic E-state index is -5.08. The van der Waals surface area contributed by atoms with Crippen molar-refractivity contribution in [2.45, 2.75) is 12.2 Å². The van der Waals surface area contributed by atoms with E-state index in [-0.39, 0.29) is 6.54 Å². The molecule has 1 aliphatic heterocycles. The molecule has 0 aromatic carbocycles. The highest BCUT2D eigenvalue weighted by molar-refractivity contribution is 5.73. The van der Waals surface area contributed by atoms with Crippen LogP contribution in [-0.4, -0.2) is 85.2 Å². The molecule has 23 heavy (non-hydrogen) atoms. The summed E-state index contributed by atoms with van der Waals surface area (Å²) in [4.78, 5) is 20.9. The number of nitrogens with zero attached hydrogens (tertiary/aromatic N) is 1. The van der Waals surface area contributed by atoms with Gasteiger partial charge in [-0.25, -0.2) is 4.79 Å². The van der Waals surface area contributed by atoms with Crippen LogP contribution in [0.4, 0.5) is 13.2 Å². The molecule has 1 rings (SSSR count). The Kier molecular flexibility index (Phi) is 13.5. The lowest BCUT2D eigenvalue weighted by molar-refractivity contribution is -0.192. The number of carboxylic acids is 2. The number of nitrogens with two attached hydrogens (primary N) is 3. The molecule has 138 valence electrons. The largest absolute Gasteiger partial charge is 0.490 e. The van der Waals surface area contributed by atoms with Crippen LogP contribution in [0.3, 0.4) is 0 Å². The maximum absolute atomic E-state index is 10.6. The predicted molar refractivity (Wildman–Crippen MR) is 74.7 cm³/mol. The van der Waals surface area contributed by atoms with Gasteiger partial charge in [-0.2, -0.15) is 13.2 Å². The monoisotopic (exact) mass is 348 g/mol. The summed E-state index contributed by atoms with van der Waals surface area (Å²) in [6.45, 7) is 5.63. The lowest BCUT2D eigenvalue weighted by Gasteiger charge is -2.25. The minimum absolute atomic E-state index is 0.00463. The van der Waals surface area contributed by atoms with Crippen LogP contribution in [0.25, 0.3) is 0 Å². The predicted octanol–water partition coefficient (Wildman–Crippen LogP) is -1.73. The Bertz CT molecular complexity index is 335. The number of morpholine rings is 1. The molecule has 1 aliphatic rings. The van der Waals surface area contributed by atoms with E-state index in [0.29, 0.717) is 0 Å². The summed E-state index contributed by atoms with van der Waals surface area (Å²) in [5, 5.41) is 15.1. The summed E-state index contributed by atoms with van der Waals surface area (Å²) < 4.78 is 36.9. The molecule has 1 heterocycles. The average Bonchev–Trinajstić information content (AvgIpc) is 2.48. The molecule has 0 aliphatic carbocycles. The lowest BCUT2D eigenvalue weighted by Crippen LogP contribution is -2.39. The normalized spacial score (nSPS) is 16.3. The van der Waals surface area contributed by atoms with Gasteiger partial charge in [0.2, 0.25) is 0 Å². The Morgan fingerprint density at radius 2 is 1.61 bits per heavy atom. The lowest BCUT2D eigenvalue weighted by atomic mass is 10.3. The van der Waals surface area contributed by atoms with Crippen molar-refractivity contribution in [1.29, 1.82) is 0 Å². The zero-order valence-electron chi connectivity index (χ0n) is 12.5. The van der Waals surface area contributed by atoms with E-state index in [2.05, 4.69) is 4.90 Å². The second-order valence-corrected chi connectivity index (χ2v) is 4.23. The molecule has 0 saturated carbocycles. The van der Waals surface area contributed by atoms with Gasteiger partial charge in [-0.1, -0.05) is 0 Å². The number of alkyl halides is 3. The van der Waals surface area contributed by atoms with Gasteiger partial charge in [0.1, 0.15) is 6.04 Å². The van der Waals surface area contributed by atoms with E-state index >= 15 is 0 Å². The Morgan fingerprint density at radius 3 is 1.83 bits per heavy atom. The fourth-order valence-electron chi connectivity index (χ4n) is 1.11. The van der Waals surface area contributed by atoms with E-state index in [1.54, 1.807) is 0 Å². The van der Waals surface area contributed by atoms with Gasteiger partial charge >= 0.3 is 18.1 Å². The van der Waals surface area contributed by atoms with Gasteiger partial charge in [-0.3, -0.25) is 9.69 Å². The molecule has 9 nitrogen and oxygen atoms in total. The van der Waals surface area contributed by atoms with Crippen LogP contribution in [0.5, 0.6) is 0 Å². The van der Waals surface area contributed by atoms with Gasteiger partial charge < -0.3 is 32.2 Å². The van der Waals surface area contributed by atoms with Crippen molar-refractivity contribution in [3.05, 3.63) is 0 Å². The SMILES string of the molecule is NCCN1CCOCC1.NC[C@H](N)C(=O)O.O=C(O)C(F)(F)F. The van der Waals surface area contributed by atoms with Gasteiger partial charge in [0, 0.05) is 32.7 Å².